The van der Waals surface area contributed by atoms with Gasteiger partial charge in [-0.1, -0.05) is 12.1 Å². The van der Waals surface area contributed by atoms with E-state index in [0.717, 1.165) is 18.5 Å². The normalized spacial score (nSPS) is 24.9. The van der Waals surface area contributed by atoms with Crippen molar-refractivity contribution in [3.05, 3.63) is 29.8 Å². The predicted molar refractivity (Wildman–Crippen MR) is 107 cm³/mol. The molecule has 0 aromatic heterocycles. The quantitative estimate of drug-likeness (QED) is 0.816. The third-order valence-corrected chi connectivity index (χ3v) is 7.31. The average Bonchev–Trinajstić information content (AvgIpc) is 2.61. The van der Waals surface area contributed by atoms with Crippen LogP contribution in [0.4, 0.5) is 5.69 Å². The average molecular weight is 395 g/mol. The number of hydrogen-bond donors (Lipinski definition) is 1. The van der Waals surface area contributed by atoms with E-state index in [9.17, 15) is 13.2 Å². The Morgan fingerprint density at radius 2 is 1.89 bits per heavy atom. The molecule has 2 aliphatic heterocycles. The third-order valence-electron chi connectivity index (χ3n) is 5.54. The van der Waals surface area contributed by atoms with Crippen molar-refractivity contribution in [2.45, 2.75) is 38.8 Å². The van der Waals surface area contributed by atoms with Crippen molar-refractivity contribution in [2.24, 2.45) is 5.73 Å². The molecule has 8 heteroatoms. The van der Waals surface area contributed by atoms with Crippen molar-refractivity contribution in [2.75, 3.05) is 43.4 Å². The highest BCUT2D eigenvalue weighted by molar-refractivity contribution is 7.89. The lowest BCUT2D eigenvalue weighted by molar-refractivity contribution is -0.131. The van der Waals surface area contributed by atoms with Crippen molar-refractivity contribution in [3.63, 3.8) is 0 Å². The molecule has 3 rings (SSSR count). The van der Waals surface area contributed by atoms with E-state index in [4.69, 9.17) is 5.73 Å². The molecule has 2 saturated heterocycles. The number of piperidine rings is 1. The maximum atomic E-state index is 12.7. The van der Waals surface area contributed by atoms with Crippen LogP contribution in [0, 0.1) is 6.92 Å². The van der Waals surface area contributed by atoms with Crippen LogP contribution in [0.15, 0.2) is 24.3 Å². The van der Waals surface area contributed by atoms with Crippen molar-refractivity contribution in [1.29, 1.82) is 0 Å². The number of likely N-dealkylation sites (tertiary alicyclic amines) is 1. The van der Waals surface area contributed by atoms with Crippen molar-refractivity contribution < 1.29 is 13.2 Å². The largest absolute Gasteiger partial charge is 0.369 e. The molecule has 0 saturated carbocycles. The minimum Gasteiger partial charge on any atom is -0.369 e. The summed E-state index contributed by atoms with van der Waals surface area (Å²) in [4.78, 5) is 16.4. The smallest absolute Gasteiger partial charge is 0.239 e. The maximum Gasteiger partial charge on any atom is 0.239 e. The van der Waals surface area contributed by atoms with Crippen LogP contribution in [0.3, 0.4) is 0 Å². The first kappa shape index (κ1) is 20.1. The Labute approximate surface area is 162 Å². The van der Waals surface area contributed by atoms with Crippen LogP contribution in [-0.2, 0) is 14.8 Å². The SMILES string of the molecule is Cc1cccc(N2CCN(S(=O)(=O)CC(=O)N3CCC(N)CC3C)CC2)c1. The zero-order chi connectivity index (χ0) is 19.6. The van der Waals surface area contributed by atoms with Gasteiger partial charge in [0.25, 0.3) is 0 Å². The molecule has 150 valence electrons. The molecule has 0 spiro atoms. The van der Waals surface area contributed by atoms with Gasteiger partial charge in [0, 0.05) is 50.5 Å². The van der Waals surface area contributed by atoms with Crippen LogP contribution in [0.5, 0.6) is 0 Å². The summed E-state index contributed by atoms with van der Waals surface area (Å²) in [6.07, 6.45) is 1.45. The van der Waals surface area contributed by atoms with Gasteiger partial charge in [-0.2, -0.15) is 4.31 Å². The van der Waals surface area contributed by atoms with Crippen molar-refractivity contribution in [3.8, 4) is 0 Å². The summed E-state index contributed by atoms with van der Waals surface area (Å²) in [5.74, 6) is -0.757. The summed E-state index contributed by atoms with van der Waals surface area (Å²) >= 11 is 0. The van der Waals surface area contributed by atoms with E-state index >= 15 is 0 Å². The first-order valence-electron chi connectivity index (χ1n) is 9.61. The van der Waals surface area contributed by atoms with E-state index in [-0.39, 0.29) is 18.0 Å². The second kappa shape index (κ2) is 8.16. The summed E-state index contributed by atoms with van der Waals surface area (Å²) in [6, 6.07) is 8.30. The van der Waals surface area contributed by atoms with Gasteiger partial charge in [-0.05, 0) is 44.4 Å². The number of nitrogens with zero attached hydrogens (tertiary/aromatic N) is 3. The molecule has 7 nitrogen and oxygen atoms in total. The number of carbonyl (C=O) groups excluding carboxylic acids is 1. The number of benzene rings is 1. The molecule has 2 heterocycles. The highest BCUT2D eigenvalue weighted by Gasteiger charge is 2.33. The first-order valence-corrected chi connectivity index (χ1v) is 11.2. The highest BCUT2D eigenvalue weighted by Crippen LogP contribution is 2.20. The molecular formula is C19H30N4O3S. The van der Waals surface area contributed by atoms with Crippen LogP contribution in [0.2, 0.25) is 0 Å². The lowest BCUT2D eigenvalue weighted by atomic mass is 9.99. The van der Waals surface area contributed by atoms with Crippen LogP contribution >= 0.6 is 0 Å². The summed E-state index contributed by atoms with van der Waals surface area (Å²) in [5.41, 5.74) is 8.23. The summed E-state index contributed by atoms with van der Waals surface area (Å²) in [7, 11) is -3.60. The minimum absolute atomic E-state index is 0.00498. The van der Waals surface area contributed by atoms with Crippen molar-refractivity contribution >= 4 is 21.6 Å². The maximum absolute atomic E-state index is 12.7. The van der Waals surface area contributed by atoms with Crippen molar-refractivity contribution in [1.82, 2.24) is 9.21 Å². The first-order chi connectivity index (χ1) is 12.8. The van der Waals surface area contributed by atoms with Crippen LogP contribution in [-0.4, -0.2) is 74.1 Å². The van der Waals surface area contributed by atoms with Gasteiger partial charge in [-0.25, -0.2) is 8.42 Å². The summed E-state index contributed by atoms with van der Waals surface area (Å²) in [5, 5.41) is 0. The molecule has 2 atom stereocenters. The fourth-order valence-corrected chi connectivity index (χ4v) is 5.34. The van der Waals surface area contributed by atoms with Gasteiger partial charge in [-0.3, -0.25) is 4.79 Å². The highest BCUT2D eigenvalue weighted by atomic mass is 32.2. The fraction of sp³-hybridized carbons (Fsp3) is 0.632. The van der Waals surface area contributed by atoms with E-state index in [1.165, 1.54) is 9.87 Å². The molecule has 2 fully saturated rings. The van der Waals surface area contributed by atoms with Gasteiger partial charge in [0.2, 0.25) is 15.9 Å². The number of carbonyl (C=O) groups is 1. The van der Waals surface area contributed by atoms with E-state index in [1.807, 2.05) is 32.0 Å². The Bertz CT molecular complexity index is 775. The van der Waals surface area contributed by atoms with Gasteiger partial charge < -0.3 is 15.5 Å². The Balaban J connectivity index is 1.57. The molecule has 0 bridgehead atoms. The number of rotatable bonds is 4. The van der Waals surface area contributed by atoms with E-state index in [1.54, 1.807) is 4.90 Å². The van der Waals surface area contributed by atoms with Gasteiger partial charge >= 0.3 is 0 Å². The van der Waals surface area contributed by atoms with E-state index in [0.29, 0.717) is 32.7 Å². The molecule has 2 unspecified atom stereocenters. The topological polar surface area (TPSA) is 87.0 Å². The van der Waals surface area contributed by atoms with E-state index < -0.39 is 15.8 Å². The number of piperazine rings is 1. The molecule has 1 aromatic carbocycles. The molecule has 1 amide bonds. The summed E-state index contributed by atoms with van der Waals surface area (Å²) in [6.45, 7) is 6.60. The molecule has 27 heavy (non-hydrogen) atoms. The number of hydrogen-bond acceptors (Lipinski definition) is 5. The summed E-state index contributed by atoms with van der Waals surface area (Å²) < 4.78 is 26.9. The second-order valence-electron chi connectivity index (χ2n) is 7.70. The number of nitrogens with two attached hydrogens (primary N) is 1. The van der Waals surface area contributed by atoms with Crippen LogP contribution < -0.4 is 10.6 Å². The molecular weight excluding hydrogens is 364 g/mol. The van der Waals surface area contributed by atoms with Crippen LogP contribution in [0.1, 0.15) is 25.3 Å². The van der Waals surface area contributed by atoms with Crippen LogP contribution in [0.25, 0.3) is 0 Å². The number of aryl methyl sites for hydroxylation is 1. The number of sulfonamides is 1. The predicted octanol–water partition coefficient (Wildman–Crippen LogP) is 0.785. The van der Waals surface area contributed by atoms with Gasteiger partial charge in [0.05, 0.1) is 0 Å². The third kappa shape index (κ3) is 4.80. The zero-order valence-corrected chi connectivity index (χ0v) is 17.0. The molecule has 2 aliphatic rings. The Hall–Kier alpha value is -1.64. The monoisotopic (exact) mass is 394 g/mol. The second-order valence-corrected chi connectivity index (χ2v) is 9.67. The number of amides is 1. The molecule has 1 aromatic rings. The lowest BCUT2D eigenvalue weighted by Crippen LogP contribution is -2.53. The Morgan fingerprint density at radius 1 is 1.19 bits per heavy atom. The molecule has 0 radical (unpaired) electrons. The number of anilines is 1. The molecule has 2 N–H and O–H groups in total. The molecule has 0 aliphatic carbocycles. The Kier molecular flexibility index (Phi) is 6.08. The minimum atomic E-state index is -3.60. The lowest BCUT2D eigenvalue weighted by Gasteiger charge is -2.38. The van der Waals surface area contributed by atoms with Gasteiger partial charge in [-0.15, -0.1) is 0 Å². The zero-order valence-electron chi connectivity index (χ0n) is 16.2. The standard InChI is InChI=1S/C19H30N4O3S/c1-15-4-3-5-18(12-15)21-8-10-22(11-9-21)27(25,26)14-19(24)23-7-6-17(20)13-16(23)2/h3-5,12,16-17H,6-11,13-14,20H2,1-2H3. The van der Waals surface area contributed by atoms with Gasteiger partial charge in [0.15, 0.2) is 0 Å². The fourth-order valence-electron chi connectivity index (χ4n) is 3.96. The van der Waals surface area contributed by atoms with E-state index in [2.05, 4.69) is 11.0 Å². The van der Waals surface area contributed by atoms with Gasteiger partial charge in [0.1, 0.15) is 5.75 Å². The Morgan fingerprint density at radius 3 is 2.52 bits per heavy atom.